The minimum atomic E-state index is -0.701. The van der Waals surface area contributed by atoms with Gasteiger partial charge >= 0.3 is 5.69 Å². The predicted molar refractivity (Wildman–Crippen MR) is 105 cm³/mol. The van der Waals surface area contributed by atoms with Crippen LogP contribution in [0.1, 0.15) is 24.4 Å². The number of rotatable bonds is 6. The van der Waals surface area contributed by atoms with Gasteiger partial charge in [0, 0.05) is 5.69 Å². The molecule has 0 aliphatic carbocycles. The van der Waals surface area contributed by atoms with Crippen molar-refractivity contribution >= 4 is 17.3 Å². The van der Waals surface area contributed by atoms with Gasteiger partial charge in [-0.1, -0.05) is 18.2 Å². The first-order chi connectivity index (χ1) is 13.4. The number of ether oxygens (including phenoxy) is 1. The van der Waals surface area contributed by atoms with Gasteiger partial charge in [0.1, 0.15) is 28.9 Å². The molecule has 1 amide bonds. The maximum atomic E-state index is 12.6. The fourth-order valence-corrected chi connectivity index (χ4v) is 2.88. The van der Waals surface area contributed by atoms with E-state index in [1.54, 1.807) is 45.0 Å². The molecule has 3 aromatic rings. The summed E-state index contributed by atoms with van der Waals surface area (Å²) in [6.45, 7) is 4.78. The molecule has 0 radical (unpaired) electrons. The number of para-hydroxylation sites is 1. The van der Waals surface area contributed by atoms with Crippen LogP contribution in [0, 0.1) is 24.0 Å². The summed E-state index contributed by atoms with van der Waals surface area (Å²) in [6, 6.07) is 15.6. The molecular formula is C20H20N4O4. The molecule has 0 unspecified atom stereocenters. The average molecular weight is 380 g/mol. The van der Waals surface area contributed by atoms with Gasteiger partial charge in [0.25, 0.3) is 0 Å². The van der Waals surface area contributed by atoms with Gasteiger partial charge in [-0.15, -0.1) is 0 Å². The first-order valence-electron chi connectivity index (χ1n) is 8.70. The monoisotopic (exact) mass is 380 g/mol. The Labute approximate surface area is 161 Å². The number of benzene rings is 2. The molecule has 144 valence electrons. The molecule has 2 aromatic carbocycles. The van der Waals surface area contributed by atoms with Crippen LogP contribution in [0.3, 0.4) is 0 Å². The molecular weight excluding hydrogens is 360 g/mol. The predicted octanol–water partition coefficient (Wildman–Crippen LogP) is 4.40. The molecule has 1 aromatic heterocycles. The Morgan fingerprint density at radius 3 is 2.29 bits per heavy atom. The van der Waals surface area contributed by atoms with Crippen molar-refractivity contribution in [2.24, 2.45) is 0 Å². The topological polar surface area (TPSA) is 99.3 Å². The van der Waals surface area contributed by atoms with Crippen LogP contribution in [0.4, 0.5) is 11.4 Å². The van der Waals surface area contributed by atoms with Crippen molar-refractivity contribution in [3.05, 3.63) is 76.1 Å². The van der Waals surface area contributed by atoms with Gasteiger partial charge in [-0.05, 0) is 57.2 Å². The summed E-state index contributed by atoms with van der Waals surface area (Å²) in [5.41, 5.74) is 1.15. The van der Waals surface area contributed by atoms with E-state index in [4.69, 9.17) is 4.74 Å². The number of nitrogens with zero attached hydrogens (tertiary/aromatic N) is 3. The lowest BCUT2D eigenvalue weighted by Gasteiger charge is -2.14. The van der Waals surface area contributed by atoms with Crippen LogP contribution >= 0.6 is 0 Å². The lowest BCUT2D eigenvalue weighted by atomic mass is 10.2. The second-order valence-corrected chi connectivity index (χ2v) is 6.33. The van der Waals surface area contributed by atoms with Crippen LogP contribution in [-0.4, -0.2) is 20.6 Å². The fourth-order valence-electron chi connectivity index (χ4n) is 2.88. The highest BCUT2D eigenvalue weighted by Crippen LogP contribution is 2.26. The van der Waals surface area contributed by atoms with E-state index in [0.29, 0.717) is 17.1 Å². The molecule has 0 bridgehead atoms. The zero-order valence-corrected chi connectivity index (χ0v) is 15.7. The second kappa shape index (κ2) is 7.91. The third kappa shape index (κ3) is 4.01. The normalized spacial score (nSPS) is 11.7. The number of carbonyl (C=O) groups is 1. The van der Waals surface area contributed by atoms with Gasteiger partial charge < -0.3 is 10.1 Å². The van der Waals surface area contributed by atoms with Crippen LogP contribution in [0.5, 0.6) is 11.5 Å². The summed E-state index contributed by atoms with van der Waals surface area (Å²) in [5.74, 6) is 1.04. The maximum absolute atomic E-state index is 12.6. The van der Waals surface area contributed by atoms with E-state index in [1.165, 1.54) is 4.68 Å². The maximum Gasteiger partial charge on any atom is 0.312 e. The second-order valence-electron chi connectivity index (χ2n) is 6.33. The van der Waals surface area contributed by atoms with E-state index in [9.17, 15) is 14.9 Å². The van der Waals surface area contributed by atoms with Crippen LogP contribution in [0.25, 0.3) is 0 Å². The van der Waals surface area contributed by atoms with Crippen LogP contribution in [-0.2, 0) is 4.79 Å². The molecule has 0 aliphatic rings. The summed E-state index contributed by atoms with van der Waals surface area (Å²) in [6.07, 6.45) is 0. The summed E-state index contributed by atoms with van der Waals surface area (Å²) in [4.78, 5) is 23.2. The molecule has 0 saturated heterocycles. The van der Waals surface area contributed by atoms with Crippen molar-refractivity contribution in [1.29, 1.82) is 0 Å². The average Bonchev–Trinajstić information content (AvgIpc) is 2.97. The van der Waals surface area contributed by atoms with Crippen molar-refractivity contribution < 1.29 is 14.5 Å². The number of hydrogen-bond donors (Lipinski definition) is 1. The highest BCUT2D eigenvalue weighted by atomic mass is 16.6. The van der Waals surface area contributed by atoms with Crippen molar-refractivity contribution in [3.8, 4) is 11.5 Å². The van der Waals surface area contributed by atoms with Gasteiger partial charge in [0.15, 0.2) is 0 Å². The summed E-state index contributed by atoms with van der Waals surface area (Å²) >= 11 is 0. The fraction of sp³-hybridized carbons (Fsp3) is 0.200. The number of aromatic nitrogens is 2. The first kappa shape index (κ1) is 19.1. The molecule has 28 heavy (non-hydrogen) atoms. The highest BCUT2D eigenvalue weighted by molar-refractivity contribution is 5.93. The molecule has 0 aliphatic heterocycles. The zero-order valence-electron chi connectivity index (χ0n) is 15.7. The Bertz CT molecular complexity index is 997. The smallest absolute Gasteiger partial charge is 0.312 e. The lowest BCUT2D eigenvalue weighted by molar-refractivity contribution is -0.386. The molecule has 3 rings (SSSR count). The van der Waals surface area contributed by atoms with E-state index in [1.807, 2.05) is 30.3 Å². The van der Waals surface area contributed by atoms with Gasteiger partial charge in [-0.2, -0.15) is 5.10 Å². The van der Waals surface area contributed by atoms with Crippen LogP contribution in [0.2, 0.25) is 0 Å². The van der Waals surface area contributed by atoms with Gasteiger partial charge in [-0.3, -0.25) is 19.6 Å². The number of carbonyl (C=O) groups excluding carboxylic acids is 1. The number of hydrogen-bond acceptors (Lipinski definition) is 5. The molecule has 1 heterocycles. The van der Waals surface area contributed by atoms with E-state index in [0.717, 1.165) is 5.75 Å². The molecule has 0 spiro atoms. The third-order valence-electron chi connectivity index (χ3n) is 4.32. The zero-order chi connectivity index (χ0) is 20.3. The standard InChI is InChI=1S/C20H20N4O4/c1-13-19(24(26)27)14(2)23(22-13)15(3)20(25)21-16-9-11-18(12-10-16)28-17-7-5-4-6-8-17/h4-12,15H,1-3H3,(H,21,25)/t15-/m1/s1. The Kier molecular flexibility index (Phi) is 5.39. The van der Waals surface area contributed by atoms with Crippen molar-refractivity contribution in [3.63, 3.8) is 0 Å². The summed E-state index contributed by atoms with van der Waals surface area (Å²) in [7, 11) is 0. The molecule has 0 saturated carbocycles. The number of aryl methyl sites for hydroxylation is 1. The minimum absolute atomic E-state index is 0.0675. The molecule has 0 fully saturated rings. The van der Waals surface area contributed by atoms with Gasteiger partial charge in [-0.25, -0.2) is 0 Å². The van der Waals surface area contributed by atoms with Crippen molar-refractivity contribution in [2.75, 3.05) is 5.32 Å². The van der Waals surface area contributed by atoms with Gasteiger partial charge in [0.05, 0.1) is 4.92 Å². The number of amides is 1. The van der Waals surface area contributed by atoms with Crippen LogP contribution < -0.4 is 10.1 Å². The Balaban J connectivity index is 1.69. The van der Waals surface area contributed by atoms with Crippen molar-refractivity contribution in [2.45, 2.75) is 26.8 Å². The minimum Gasteiger partial charge on any atom is -0.457 e. The Morgan fingerprint density at radius 2 is 1.71 bits per heavy atom. The molecule has 1 N–H and O–H groups in total. The summed E-state index contributed by atoms with van der Waals surface area (Å²) < 4.78 is 7.09. The Hall–Kier alpha value is -3.68. The quantitative estimate of drug-likeness (QED) is 0.505. The van der Waals surface area contributed by atoms with E-state index >= 15 is 0 Å². The van der Waals surface area contributed by atoms with E-state index in [-0.39, 0.29) is 17.3 Å². The number of nitrogens with one attached hydrogen (secondary N) is 1. The summed E-state index contributed by atoms with van der Waals surface area (Å²) in [5, 5.41) is 18.1. The Morgan fingerprint density at radius 1 is 1.11 bits per heavy atom. The molecule has 8 heteroatoms. The van der Waals surface area contributed by atoms with Crippen LogP contribution in [0.15, 0.2) is 54.6 Å². The largest absolute Gasteiger partial charge is 0.457 e. The molecule has 8 nitrogen and oxygen atoms in total. The van der Waals surface area contributed by atoms with Gasteiger partial charge in [0.2, 0.25) is 5.91 Å². The third-order valence-corrected chi connectivity index (χ3v) is 4.32. The number of anilines is 1. The number of nitro groups is 1. The SMILES string of the molecule is Cc1nn([C@H](C)C(=O)Nc2ccc(Oc3ccccc3)cc2)c(C)c1[N+](=O)[O-]. The first-order valence-corrected chi connectivity index (χ1v) is 8.70. The van der Waals surface area contributed by atoms with Crippen molar-refractivity contribution in [1.82, 2.24) is 9.78 Å². The lowest BCUT2D eigenvalue weighted by Crippen LogP contribution is -2.25. The molecule has 1 atom stereocenters. The van der Waals surface area contributed by atoms with E-state index in [2.05, 4.69) is 10.4 Å². The van der Waals surface area contributed by atoms with E-state index < -0.39 is 11.0 Å². The highest BCUT2D eigenvalue weighted by Gasteiger charge is 2.27.